The molecule has 1 fully saturated rings. The SMILES string of the molecule is N#Cc1ccc(Cl)c(NCC(=O)NC2CCOCC2)c1. The van der Waals surface area contributed by atoms with Crippen LogP contribution in [-0.2, 0) is 9.53 Å². The molecule has 0 bridgehead atoms. The van der Waals surface area contributed by atoms with Gasteiger partial charge in [-0.3, -0.25) is 4.79 Å². The molecule has 1 aliphatic rings. The highest BCUT2D eigenvalue weighted by molar-refractivity contribution is 6.33. The molecule has 0 aromatic heterocycles. The van der Waals surface area contributed by atoms with E-state index >= 15 is 0 Å². The van der Waals surface area contributed by atoms with E-state index in [1.807, 2.05) is 6.07 Å². The Labute approximate surface area is 122 Å². The molecule has 1 aromatic carbocycles. The first-order valence-corrected chi connectivity index (χ1v) is 6.87. The van der Waals surface area contributed by atoms with Gasteiger partial charge in [-0.2, -0.15) is 5.26 Å². The summed E-state index contributed by atoms with van der Waals surface area (Å²) < 4.78 is 5.24. The second kappa shape index (κ2) is 7.13. The number of halogens is 1. The summed E-state index contributed by atoms with van der Waals surface area (Å²) in [5, 5.41) is 15.2. The first-order chi connectivity index (χ1) is 9.69. The molecule has 106 valence electrons. The fourth-order valence-corrected chi connectivity index (χ4v) is 2.21. The van der Waals surface area contributed by atoms with E-state index in [-0.39, 0.29) is 18.5 Å². The van der Waals surface area contributed by atoms with Crippen LogP contribution in [0.15, 0.2) is 18.2 Å². The van der Waals surface area contributed by atoms with Gasteiger partial charge < -0.3 is 15.4 Å². The van der Waals surface area contributed by atoms with Crippen molar-refractivity contribution in [3.63, 3.8) is 0 Å². The van der Waals surface area contributed by atoms with Crippen molar-refractivity contribution in [1.82, 2.24) is 5.32 Å². The standard InChI is InChI=1S/C14H16ClN3O2/c15-12-2-1-10(8-16)7-13(12)17-9-14(19)18-11-3-5-20-6-4-11/h1-2,7,11,17H,3-6,9H2,(H,18,19). The van der Waals surface area contributed by atoms with Crippen LogP contribution in [0.25, 0.3) is 0 Å². The molecule has 1 aromatic rings. The summed E-state index contributed by atoms with van der Waals surface area (Å²) in [7, 11) is 0. The maximum atomic E-state index is 11.8. The Balaban J connectivity index is 1.85. The van der Waals surface area contributed by atoms with Crippen molar-refractivity contribution < 1.29 is 9.53 Å². The van der Waals surface area contributed by atoms with Gasteiger partial charge in [0, 0.05) is 19.3 Å². The molecule has 5 nitrogen and oxygen atoms in total. The van der Waals surface area contributed by atoms with Crippen LogP contribution >= 0.6 is 11.6 Å². The predicted molar refractivity (Wildman–Crippen MR) is 76.6 cm³/mol. The van der Waals surface area contributed by atoms with Crippen molar-refractivity contribution in [2.75, 3.05) is 25.1 Å². The molecule has 0 saturated carbocycles. The highest BCUT2D eigenvalue weighted by Gasteiger charge is 2.15. The number of carbonyl (C=O) groups excluding carboxylic acids is 1. The molecular weight excluding hydrogens is 278 g/mol. The molecule has 0 unspecified atom stereocenters. The third-order valence-electron chi connectivity index (χ3n) is 3.12. The Bertz CT molecular complexity index is 522. The quantitative estimate of drug-likeness (QED) is 0.889. The van der Waals surface area contributed by atoms with Gasteiger partial charge in [-0.1, -0.05) is 11.6 Å². The lowest BCUT2D eigenvalue weighted by molar-refractivity contribution is -0.120. The third kappa shape index (κ3) is 4.12. The summed E-state index contributed by atoms with van der Waals surface area (Å²) in [5.41, 5.74) is 1.09. The fourth-order valence-electron chi connectivity index (χ4n) is 2.03. The highest BCUT2D eigenvalue weighted by Crippen LogP contribution is 2.22. The second-order valence-electron chi connectivity index (χ2n) is 4.61. The van der Waals surface area contributed by atoms with Crippen LogP contribution in [0, 0.1) is 11.3 Å². The summed E-state index contributed by atoms with van der Waals surface area (Å²) in [5.74, 6) is -0.0877. The van der Waals surface area contributed by atoms with Crippen LogP contribution in [0.3, 0.4) is 0 Å². The largest absolute Gasteiger partial charge is 0.381 e. The van der Waals surface area contributed by atoms with Gasteiger partial charge in [-0.15, -0.1) is 0 Å². The minimum atomic E-state index is -0.0877. The number of amides is 1. The number of rotatable bonds is 4. The zero-order chi connectivity index (χ0) is 14.4. The van der Waals surface area contributed by atoms with E-state index in [9.17, 15) is 4.79 Å². The molecule has 1 aliphatic heterocycles. The smallest absolute Gasteiger partial charge is 0.239 e. The lowest BCUT2D eigenvalue weighted by atomic mass is 10.1. The molecule has 1 heterocycles. The van der Waals surface area contributed by atoms with E-state index in [0.717, 1.165) is 12.8 Å². The van der Waals surface area contributed by atoms with Crippen molar-refractivity contribution in [3.8, 4) is 6.07 Å². The number of anilines is 1. The molecule has 0 aliphatic carbocycles. The normalized spacial score (nSPS) is 15.4. The van der Waals surface area contributed by atoms with Gasteiger partial charge in [-0.25, -0.2) is 0 Å². The highest BCUT2D eigenvalue weighted by atomic mass is 35.5. The Morgan fingerprint density at radius 2 is 2.20 bits per heavy atom. The number of carbonyl (C=O) groups is 1. The van der Waals surface area contributed by atoms with Crippen LogP contribution in [0.2, 0.25) is 5.02 Å². The first kappa shape index (κ1) is 14.6. The number of ether oxygens (including phenoxy) is 1. The molecular formula is C14H16ClN3O2. The van der Waals surface area contributed by atoms with Gasteiger partial charge in [0.05, 0.1) is 28.9 Å². The third-order valence-corrected chi connectivity index (χ3v) is 3.45. The molecule has 2 N–H and O–H groups in total. The summed E-state index contributed by atoms with van der Waals surface area (Å²) in [6.07, 6.45) is 1.69. The maximum Gasteiger partial charge on any atom is 0.239 e. The van der Waals surface area contributed by atoms with Crippen molar-refractivity contribution in [2.45, 2.75) is 18.9 Å². The monoisotopic (exact) mass is 293 g/mol. The number of hydrogen-bond donors (Lipinski definition) is 2. The van der Waals surface area contributed by atoms with Crippen LogP contribution in [-0.4, -0.2) is 31.7 Å². The molecule has 1 amide bonds. The van der Waals surface area contributed by atoms with E-state index in [1.54, 1.807) is 18.2 Å². The lowest BCUT2D eigenvalue weighted by Gasteiger charge is -2.23. The zero-order valence-electron chi connectivity index (χ0n) is 11.0. The summed E-state index contributed by atoms with van der Waals surface area (Å²) >= 11 is 6.01. The second-order valence-corrected chi connectivity index (χ2v) is 5.02. The predicted octanol–water partition coefficient (Wildman–Crippen LogP) is 1.92. The molecule has 0 radical (unpaired) electrons. The van der Waals surface area contributed by atoms with Crippen LogP contribution in [0.5, 0.6) is 0 Å². The van der Waals surface area contributed by atoms with E-state index < -0.39 is 0 Å². The van der Waals surface area contributed by atoms with Gasteiger partial charge in [0.25, 0.3) is 0 Å². The molecule has 1 saturated heterocycles. The number of nitrogens with one attached hydrogen (secondary N) is 2. The van der Waals surface area contributed by atoms with Crippen molar-refractivity contribution in [1.29, 1.82) is 5.26 Å². The maximum absolute atomic E-state index is 11.8. The van der Waals surface area contributed by atoms with E-state index in [1.165, 1.54) is 0 Å². The number of nitriles is 1. The molecule has 0 atom stereocenters. The first-order valence-electron chi connectivity index (χ1n) is 6.49. The minimum Gasteiger partial charge on any atom is -0.381 e. The van der Waals surface area contributed by atoms with Crippen molar-refractivity contribution in [3.05, 3.63) is 28.8 Å². The van der Waals surface area contributed by atoms with E-state index in [2.05, 4.69) is 10.6 Å². The van der Waals surface area contributed by atoms with Crippen molar-refractivity contribution >= 4 is 23.2 Å². The Hall–Kier alpha value is -1.77. The molecule has 6 heteroatoms. The van der Waals surface area contributed by atoms with Crippen LogP contribution in [0.1, 0.15) is 18.4 Å². The van der Waals surface area contributed by atoms with Gasteiger partial charge >= 0.3 is 0 Å². The van der Waals surface area contributed by atoms with Gasteiger partial charge in [0.2, 0.25) is 5.91 Å². The van der Waals surface area contributed by atoms with E-state index in [0.29, 0.717) is 29.5 Å². The number of nitrogens with zero attached hydrogens (tertiary/aromatic N) is 1. The molecule has 0 spiro atoms. The topological polar surface area (TPSA) is 74.2 Å². The fraction of sp³-hybridized carbons (Fsp3) is 0.429. The summed E-state index contributed by atoms with van der Waals surface area (Å²) in [6, 6.07) is 7.12. The average Bonchev–Trinajstić information content (AvgIpc) is 2.47. The Morgan fingerprint density at radius 3 is 2.90 bits per heavy atom. The minimum absolute atomic E-state index is 0.0877. The van der Waals surface area contributed by atoms with Gasteiger partial charge in [0.15, 0.2) is 0 Å². The summed E-state index contributed by atoms with van der Waals surface area (Å²) in [4.78, 5) is 11.8. The van der Waals surface area contributed by atoms with Crippen LogP contribution in [0.4, 0.5) is 5.69 Å². The van der Waals surface area contributed by atoms with Crippen LogP contribution < -0.4 is 10.6 Å². The Kier molecular flexibility index (Phi) is 5.22. The number of benzene rings is 1. The number of hydrogen-bond acceptors (Lipinski definition) is 4. The van der Waals surface area contributed by atoms with Gasteiger partial charge in [0.1, 0.15) is 0 Å². The van der Waals surface area contributed by atoms with Gasteiger partial charge in [-0.05, 0) is 31.0 Å². The zero-order valence-corrected chi connectivity index (χ0v) is 11.7. The van der Waals surface area contributed by atoms with Crippen molar-refractivity contribution in [2.24, 2.45) is 0 Å². The molecule has 20 heavy (non-hydrogen) atoms. The van der Waals surface area contributed by atoms with E-state index in [4.69, 9.17) is 21.6 Å². The summed E-state index contributed by atoms with van der Waals surface area (Å²) in [6.45, 7) is 1.51. The average molecular weight is 294 g/mol. The Morgan fingerprint density at radius 1 is 1.45 bits per heavy atom. The molecule has 2 rings (SSSR count). The lowest BCUT2D eigenvalue weighted by Crippen LogP contribution is -2.41.